The summed E-state index contributed by atoms with van der Waals surface area (Å²) in [6, 6.07) is 15.1. The van der Waals surface area contributed by atoms with E-state index >= 15 is 0 Å². The second-order valence-corrected chi connectivity index (χ2v) is 8.96. The maximum atomic E-state index is 11.8. The maximum Gasteiger partial charge on any atom is 0.308 e. The molecular formula is C25H32ClNO2. The molecule has 3 nitrogen and oxygen atoms in total. The van der Waals surface area contributed by atoms with Crippen LogP contribution in [-0.2, 0) is 16.0 Å². The summed E-state index contributed by atoms with van der Waals surface area (Å²) in [5.41, 5.74) is 4.80. The summed E-state index contributed by atoms with van der Waals surface area (Å²) in [6.45, 7) is 6.52. The number of hydrogen-bond acceptors (Lipinski definition) is 3. The van der Waals surface area contributed by atoms with Crippen molar-refractivity contribution >= 4 is 23.3 Å². The predicted octanol–water partition coefficient (Wildman–Crippen LogP) is 6.59. The van der Waals surface area contributed by atoms with Crippen LogP contribution in [0.25, 0.3) is 0 Å². The van der Waals surface area contributed by atoms with Crippen LogP contribution in [0.1, 0.15) is 55.8 Å². The smallest absolute Gasteiger partial charge is 0.308 e. The Morgan fingerprint density at radius 2 is 2.00 bits per heavy atom. The molecule has 0 heterocycles. The van der Waals surface area contributed by atoms with E-state index in [0.29, 0.717) is 11.8 Å². The number of nitrogens with one attached hydrogen (secondary N) is 1. The zero-order chi connectivity index (χ0) is 21.0. The van der Waals surface area contributed by atoms with E-state index in [9.17, 15) is 4.79 Å². The Bertz CT molecular complexity index is 850. The van der Waals surface area contributed by atoms with Crippen molar-refractivity contribution in [3.63, 3.8) is 0 Å². The normalized spacial score (nSPS) is 20.9. The quantitative estimate of drug-likeness (QED) is 0.520. The van der Waals surface area contributed by atoms with E-state index in [1.54, 1.807) is 0 Å². The van der Waals surface area contributed by atoms with Crippen molar-refractivity contribution in [2.75, 3.05) is 12.4 Å². The summed E-state index contributed by atoms with van der Waals surface area (Å²) < 4.78 is 4.93. The van der Waals surface area contributed by atoms with Gasteiger partial charge in [0, 0.05) is 16.8 Å². The second-order valence-electron chi connectivity index (χ2n) is 8.55. The number of carbonyl (C=O) groups is 1. The topological polar surface area (TPSA) is 38.3 Å². The number of anilines is 1. The summed E-state index contributed by atoms with van der Waals surface area (Å²) in [5, 5.41) is 4.42. The summed E-state index contributed by atoms with van der Waals surface area (Å²) in [5.74, 6) is 1.18. The van der Waals surface area contributed by atoms with E-state index in [2.05, 4.69) is 55.6 Å². The molecule has 2 aromatic rings. The molecule has 2 unspecified atom stereocenters. The molecule has 1 aliphatic rings. The number of esters is 1. The molecule has 0 amide bonds. The average Bonchev–Trinajstić information content (AvgIpc) is 3.20. The molecule has 29 heavy (non-hydrogen) atoms. The monoisotopic (exact) mass is 413 g/mol. The Morgan fingerprint density at radius 1 is 1.21 bits per heavy atom. The van der Waals surface area contributed by atoms with Crippen molar-refractivity contribution in [2.24, 2.45) is 17.8 Å². The molecule has 0 spiro atoms. The van der Waals surface area contributed by atoms with E-state index < -0.39 is 0 Å². The van der Waals surface area contributed by atoms with Gasteiger partial charge < -0.3 is 10.1 Å². The molecule has 0 aliphatic heterocycles. The molecule has 0 bridgehead atoms. The lowest BCUT2D eigenvalue weighted by atomic mass is 9.86. The van der Waals surface area contributed by atoms with Gasteiger partial charge in [0.05, 0.1) is 13.0 Å². The molecular weight excluding hydrogens is 382 g/mol. The lowest BCUT2D eigenvalue weighted by molar-refractivity contribution is -0.145. The van der Waals surface area contributed by atoms with Gasteiger partial charge in [0.1, 0.15) is 0 Å². The Balaban J connectivity index is 1.60. The average molecular weight is 414 g/mol. The molecule has 4 atom stereocenters. The first kappa shape index (κ1) is 21.7. The van der Waals surface area contributed by atoms with E-state index in [0.717, 1.165) is 42.0 Å². The third-order valence-electron chi connectivity index (χ3n) is 6.36. The van der Waals surface area contributed by atoms with Crippen LogP contribution in [0.5, 0.6) is 0 Å². The SMILES string of the molecule is COC(=O)C1CC[C@H]([C@@H](C)Cc2cccc(NC(C)c3ccc(Cl)c(C)c3)c2)C1. The fourth-order valence-corrected chi connectivity index (χ4v) is 4.63. The van der Waals surface area contributed by atoms with Crippen LogP contribution in [0.15, 0.2) is 42.5 Å². The van der Waals surface area contributed by atoms with Gasteiger partial charge in [-0.2, -0.15) is 0 Å². The zero-order valence-corrected chi connectivity index (χ0v) is 18.6. The highest BCUT2D eigenvalue weighted by Crippen LogP contribution is 2.37. The highest BCUT2D eigenvalue weighted by atomic mass is 35.5. The summed E-state index contributed by atoms with van der Waals surface area (Å²) in [6.07, 6.45) is 4.06. The Kier molecular flexibility index (Phi) is 7.23. The van der Waals surface area contributed by atoms with Crippen molar-refractivity contribution < 1.29 is 9.53 Å². The Morgan fingerprint density at radius 3 is 2.72 bits per heavy atom. The van der Waals surface area contributed by atoms with Crippen molar-refractivity contribution in [3.05, 3.63) is 64.2 Å². The van der Waals surface area contributed by atoms with Crippen molar-refractivity contribution in [1.29, 1.82) is 0 Å². The first-order chi connectivity index (χ1) is 13.9. The number of rotatable bonds is 7. The number of benzene rings is 2. The maximum absolute atomic E-state index is 11.8. The molecule has 1 N–H and O–H groups in total. The van der Waals surface area contributed by atoms with Crippen molar-refractivity contribution in [1.82, 2.24) is 0 Å². The van der Waals surface area contributed by atoms with Gasteiger partial charge in [-0.15, -0.1) is 0 Å². The van der Waals surface area contributed by atoms with Gasteiger partial charge >= 0.3 is 5.97 Å². The highest BCUT2D eigenvalue weighted by molar-refractivity contribution is 6.31. The van der Waals surface area contributed by atoms with Gasteiger partial charge in [-0.3, -0.25) is 4.79 Å². The van der Waals surface area contributed by atoms with Gasteiger partial charge in [-0.05, 0) is 86.3 Å². The summed E-state index contributed by atoms with van der Waals surface area (Å²) in [7, 11) is 1.49. The minimum Gasteiger partial charge on any atom is -0.469 e. The number of aryl methyl sites for hydroxylation is 1. The lowest BCUT2D eigenvalue weighted by Gasteiger charge is -2.21. The number of ether oxygens (including phenoxy) is 1. The highest BCUT2D eigenvalue weighted by Gasteiger charge is 2.33. The van der Waals surface area contributed by atoms with Crippen LogP contribution in [0.4, 0.5) is 5.69 Å². The molecule has 0 radical (unpaired) electrons. The first-order valence-corrected chi connectivity index (χ1v) is 10.9. The van der Waals surface area contributed by atoms with E-state index in [1.165, 1.54) is 18.2 Å². The third-order valence-corrected chi connectivity index (χ3v) is 6.79. The minimum atomic E-state index is -0.0441. The fraction of sp³-hybridized carbons (Fsp3) is 0.480. The van der Waals surface area contributed by atoms with Crippen molar-refractivity contribution in [2.45, 2.75) is 52.5 Å². The Hall–Kier alpha value is -2.00. The predicted molar refractivity (Wildman–Crippen MR) is 120 cm³/mol. The van der Waals surface area contributed by atoms with Crippen LogP contribution in [0, 0.1) is 24.7 Å². The Labute approximate surface area is 179 Å². The van der Waals surface area contributed by atoms with Crippen molar-refractivity contribution in [3.8, 4) is 0 Å². The van der Waals surface area contributed by atoms with Gasteiger partial charge in [-0.1, -0.05) is 42.8 Å². The molecule has 2 aromatic carbocycles. The number of methoxy groups -OCH3 is 1. The fourth-order valence-electron chi connectivity index (χ4n) is 4.51. The van der Waals surface area contributed by atoms with Crippen LogP contribution < -0.4 is 5.32 Å². The molecule has 0 saturated heterocycles. The first-order valence-electron chi connectivity index (χ1n) is 10.6. The summed E-state index contributed by atoms with van der Waals surface area (Å²) in [4.78, 5) is 11.8. The second kappa shape index (κ2) is 9.67. The van der Waals surface area contributed by atoms with Gasteiger partial charge in [-0.25, -0.2) is 0 Å². The third kappa shape index (κ3) is 5.54. The summed E-state index contributed by atoms with van der Waals surface area (Å²) >= 11 is 6.16. The zero-order valence-electron chi connectivity index (χ0n) is 17.9. The molecule has 1 saturated carbocycles. The molecule has 1 fully saturated rings. The standard InChI is InChI=1S/C25H32ClNO2/c1-16(20-8-9-22(15-20)25(28)29-4)12-19-6-5-7-23(14-19)27-18(3)21-10-11-24(26)17(2)13-21/h5-7,10-11,13-14,16,18,20,22,27H,8-9,12,15H2,1-4H3/t16-,18?,20-,22?/m0/s1. The van der Waals surface area contributed by atoms with Crippen LogP contribution in [0.3, 0.4) is 0 Å². The van der Waals surface area contributed by atoms with Crippen LogP contribution >= 0.6 is 11.6 Å². The van der Waals surface area contributed by atoms with E-state index in [1.807, 2.05) is 13.0 Å². The number of halogens is 1. The van der Waals surface area contributed by atoms with Gasteiger partial charge in [0.15, 0.2) is 0 Å². The van der Waals surface area contributed by atoms with E-state index in [4.69, 9.17) is 16.3 Å². The lowest BCUT2D eigenvalue weighted by Crippen LogP contribution is -2.16. The molecule has 156 valence electrons. The number of hydrogen-bond donors (Lipinski definition) is 1. The van der Waals surface area contributed by atoms with Gasteiger partial charge in [0.25, 0.3) is 0 Å². The molecule has 4 heteroatoms. The number of carbonyl (C=O) groups excluding carboxylic acids is 1. The van der Waals surface area contributed by atoms with Gasteiger partial charge in [0.2, 0.25) is 0 Å². The van der Waals surface area contributed by atoms with Crippen LogP contribution in [-0.4, -0.2) is 13.1 Å². The van der Waals surface area contributed by atoms with Crippen LogP contribution in [0.2, 0.25) is 5.02 Å². The molecule has 1 aliphatic carbocycles. The molecule has 0 aromatic heterocycles. The largest absolute Gasteiger partial charge is 0.469 e. The van der Waals surface area contributed by atoms with E-state index in [-0.39, 0.29) is 17.9 Å². The molecule has 3 rings (SSSR count). The minimum absolute atomic E-state index is 0.0441.